The maximum atomic E-state index is 10.9. The summed E-state index contributed by atoms with van der Waals surface area (Å²) in [4.78, 5) is 0. The van der Waals surface area contributed by atoms with Crippen molar-refractivity contribution >= 4 is 0 Å². The van der Waals surface area contributed by atoms with Crippen molar-refractivity contribution in [1.82, 2.24) is 0 Å². The quantitative estimate of drug-likeness (QED) is 0.728. The van der Waals surface area contributed by atoms with E-state index in [1.807, 2.05) is 13.0 Å². The molecule has 1 saturated carbocycles. The summed E-state index contributed by atoms with van der Waals surface area (Å²) in [6.45, 7) is 8.86. The third kappa shape index (κ3) is 1.85. The van der Waals surface area contributed by atoms with Crippen molar-refractivity contribution < 1.29 is 9.84 Å². The van der Waals surface area contributed by atoms with Gasteiger partial charge in [-0.3, -0.25) is 0 Å². The zero-order valence-corrected chi connectivity index (χ0v) is 10.3. The molecule has 2 heteroatoms. The van der Waals surface area contributed by atoms with Gasteiger partial charge in [-0.2, -0.15) is 0 Å². The molecule has 2 nitrogen and oxygen atoms in total. The largest absolute Gasteiger partial charge is 0.382 e. The Balaban J connectivity index is 2.31. The molecule has 0 spiro atoms. The maximum absolute atomic E-state index is 10.9. The van der Waals surface area contributed by atoms with E-state index in [1.54, 1.807) is 0 Å². The summed E-state index contributed by atoms with van der Waals surface area (Å²) in [5, 5.41) is 10.9. The van der Waals surface area contributed by atoms with E-state index >= 15 is 0 Å². The minimum Gasteiger partial charge on any atom is -0.382 e. The van der Waals surface area contributed by atoms with Crippen LogP contribution in [0.2, 0.25) is 0 Å². The Labute approximate surface area is 98.0 Å². The lowest BCUT2D eigenvalue weighted by Crippen LogP contribution is -2.53. The van der Waals surface area contributed by atoms with Gasteiger partial charge >= 0.3 is 0 Å². The molecule has 1 fully saturated rings. The van der Waals surface area contributed by atoms with E-state index in [9.17, 15) is 5.11 Å². The number of rotatable bonds is 2. The molecule has 0 aromatic rings. The van der Waals surface area contributed by atoms with Crippen LogP contribution in [-0.2, 0) is 4.74 Å². The summed E-state index contributed by atoms with van der Waals surface area (Å²) in [5.41, 5.74) is 1.67. The predicted octanol–water partition coefficient (Wildman–Crippen LogP) is 2.83. The smallest absolute Gasteiger partial charge is 0.116 e. The zero-order valence-electron chi connectivity index (χ0n) is 10.3. The van der Waals surface area contributed by atoms with Gasteiger partial charge in [-0.15, -0.1) is 0 Å². The molecule has 2 rings (SSSR count). The molecule has 3 atom stereocenters. The van der Waals surface area contributed by atoms with Crippen LogP contribution in [0.25, 0.3) is 0 Å². The van der Waals surface area contributed by atoms with Crippen LogP contribution in [0.3, 0.4) is 0 Å². The van der Waals surface area contributed by atoms with Crippen LogP contribution in [-0.4, -0.2) is 23.4 Å². The Morgan fingerprint density at radius 1 is 1.50 bits per heavy atom. The monoisotopic (exact) mass is 222 g/mol. The van der Waals surface area contributed by atoms with Gasteiger partial charge in [-0.25, -0.2) is 0 Å². The summed E-state index contributed by atoms with van der Waals surface area (Å²) in [6.07, 6.45) is 5.94. The van der Waals surface area contributed by atoms with E-state index in [-0.39, 0.29) is 12.0 Å². The van der Waals surface area contributed by atoms with Crippen molar-refractivity contribution in [2.24, 2.45) is 5.92 Å². The van der Waals surface area contributed by atoms with Crippen molar-refractivity contribution in [2.45, 2.75) is 51.2 Å². The molecule has 0 unspecified atom stereocenters. The number of allylic oxidation sites excluding steroid dienone is 1. The molecule has 1 N–H and O–H groups in total. The predicted molar refractivity (Wildman–Crippen MR) is 65.2 cm³/mol. The summed E-state index contributed by atoms with van der Waals surface area (Å²) in [6, 6.07) is 0. The van der Waals surface area contributed by atoms with Crippen LogP contribution < -0.4 is 0 Å². The third-order valence-electron chi connectivity index (χ3n) is 3.97. The van der Waals surface area contributed by atoms with Gasteiger partial charge in [-0.05, 0) is 39.5 Å². The zero-order chi connectivity index (χ0) is 11.8. The van der Waals surface area contributed by atoms with Gasteiger partial charge < -0.3 is 9.84 Å². The summed E-state index contributed by atoms with van der Waals surface area (Å²) in [7, 11) is 0. The second-order valence-electron chi connectivity index (χ2n) is 5.11. The second-order valence-corrected chi connectivity index (χ2v) is 5.11. The number of aliphatic hydroxyl groups is 1. The van der Waals surface area contributed by atoms with E-state index in [4.69, 9.17) is 4.74 Å². The van der Waals surface area contributed by atoms with Gasteiger partial charge in [0.15, 0.2) is 0 Å². The van der Waals surface area contributed by atoms with Crippen molar-refractivity contribution in [1.29, 1.82) is 0 Å². The van der Waals surface area contributed by atoms with Gasteiger partial charge in [0.05, 0.1) is 6.10 Å². The first-order chi connectivity index (χ1) is 7.58. The molecule has 0 saturated heterocycles. The van der Waals surface area contributed by atoms with Crippen molar-refractivity contribution in [2.75, 3.05) is 6.61 Å². The van der Waals surface area contributed by atoms with Gasteiger partial charge in [0.1, 0.15) is 5.60 Å². The first-order valence-corrected chi connectivity index (χ1v) is 6.28. The van der Waals surface area contributed by atoms with Crippen molar-refractivity contribution in [3.63, 3.8) is 0 Å². The highest BCUT2D eigenvalue weighted by Crippen LogP contribution is 2.45. The van der Waals surface area contributed by atoms with E-state index in [0.717, 1.165) is 25.7 Å². The third-order valence-corrected chi connectivity index (χ3v) is 3.97. The molecule has 90 valence electrons. The first kappa shape index (κ1) is 11.9. The molecule has 0 aromatic carbocycles. The Kier molecular flexibility index (Phi) is 3.22. The maximum Gasteiger partial charge on any atom is 0.116 e. The number of ether oxygens (including phenoxy) is 1. The van der Waals surface area contributed by atoms with E-state index in [0.29, 0.717) is 6.61 Å². The van der Waals surface area contributed by atoms with Gasteiger partial charge in [0, 0.05) is 12.5 Å². The average Bonchev–Trinajstić information content (AvgIpc) is 2.22. The van der Waals surface area contributed by atoms with Crippen molar-refractivity contribution in [3.8, 4) is 0 Å². The van der Waals surface area contributed by atoms with Crippen LogP contribution in [0.1, 0.15) is 39.5 Å². The fourth-order valence-electron chi connectivity index (χ4n) is 3.16. The number of hydrogen-bond acceptors (Lipinski definition) is 2. The number of hydrogen-bond donors (Lipinski definition) is 1. The molecular formula is C14H22O2. The van der Waals surface area contributed by atoms with Gasteiger partial charge in [0.25, 0.3) is 0 Å². The van der Waals surface area contributed by atoms with Gasteiger partial charge in [-0.1, -0.05) is 23.8 Å². The fraction of sp³-hybridized carbons (Fsp3) is 0.714. The van der Waals surface area contributed by atoms with Crippen molar-refractivity contribution in [3.05, 3.63) is 23.8 Å². The Bertz CT molecular complexity index is 319. The molecule has 0 amide bonds. The minimum absolute atomic E-state index is 0.0525. The van der Waals surface area contributed by atoms with Gasteiger partial charge in [0.2, 0.25) is 0 Å². The van der Waals surface area contributed by atoms with E-state index in [1.165, 1.54) is 11.1 Å². The summed E-state index contributed by atoms with van der Waals surface area (Å²) < 4.78 is 5.72. The SMILES string of the molecule is C=C1CC[C@H](OCC)[C@]2(O)C=C(C)CC[C@@H]12. The molecule has 2 aliphatic rings. The lowest BCUT2D eigenvalue weighted by Gasteiger charge is -2.47. The lowest BCUT2D eigenvalue weighted by atomic mass is 9.65. The average molecular weight is 222 g/mol. The topological polar surface area (TPSA) is 29.5 Å². The fourth-order valence-corrected chi connectivity index (χ4v) is 3.16. The Morgan fingerprint density at radius 2 is 2.25 bits per heavy atom. The molecule has 0 aromatic heterocycles. The van der Waals surface area contributed by atoms with Crippen LogP contribution in [0, 0.1) is 5.92 Å². The summed E-state index contributed by atoms with van der Waals surface area (Å²) >= 11 is 0. The van der Waals surface area contributed by atoms with Crippen LogP contribution in [0.5, 0.6) is 0 Å². The second kappa shape index (κ2) is 4.34. The standard InChI is InChI=1S/C14H22O2/c1-4-16-13-8-6-11(3)12-7-5-10(2)9-14(12,13)15/h9,12-13,15H,3-8H2,1-2H3/t12-,13-,14-/m0/s1. The van der Waals surface area contributed by atoms with E-state index in [2.05, 4.69) is 13.5 Å². The Hall–Kier alpha value is -0.600. The number of fused-ring (bicyclic) bond motifs is 1. The highest BCUT2D eigenvalue weighted by Gasteiger charge is 2.48. The Morgan fingerprint density at radius 3 is 2.94 bits per heavy atom. The lowest BCUT2D eigenvalue weighted by molar-refractivity contribution is -0.120. The molecule has 0 bridgehead atoms. The van der Waals surface area contributed by atoms with Crippen LogP contribution in [0.15, 0.2) is 23.8 Å². The van der Waals surface area contributed by atoms with Crippen LogP contribution in [0.4, 0.5) is 0 Å². The highest BCUT2D eigenvalue weighted by atomic mass is 16.5. The molecule has 0 heterocycles. The van der Waals surface area contributed by atoms with Crippen LogP contribution >= 0.6 is 0 Å². The van der Waals surface area contributed by atoms with E-state index < -0.39 is 5.60 Å². The molecule has 2 aliphatic carbocycles. The first-order valence-electron chi connectivity index (χ1n) is 6.28. The molecule has 0 radical (unpaired) electrons. The molecular weight excluding hydrogens is 200 g/mol. The molecule has 0 aliphatic heterocycles. The normalized spacial score (nSPS) is 39.2. The minimum atomic E-state index is -0.798. The molecule has 16 heavy (non-hydrogen) atoms. The summed E-state index contributed by atoms with van der Waals surface area (Å²) in [5.74, 6) is 0.196. The highest BCUT2D eigenvalue weighted by molar-refractivity contribution is 5.27.